The fraction of sp³-hybridized carbons (Fsp3) is 0.561. The molecule has 2 unspecified atom stereocenters. The number of aromatic carboxylic acids is 1. The van der Waals surface area contributed by atoms with Crippen molar-refractivity contribution in [3.63, 3.8) is 0 Å². The maximum atomic E-state index is 13.8. The minimum atomic E-state index is -4.23. The highest BCUT2D eigenvalue weighted by atomic mass is 32.2. The topological polar surface area (TPSA) is 301 Å². The number of nitrogens with one attached hydrogen (secondary N) is 2. The van der Waals surface area contributed by atoms with Crippen molar-refractivity contribution in [3.05, 3.63) is 101 Å². The molecule has 0 saturated heterocycles. The Kier molecular flexibility index (Phi) is 22.2. The molecule has 4 bridgehead atoms. The average molecular weight is 1310 g/mol. The Bertz CT molecular complexity index is 3580. The van der Waals surface area contributed by atoms with Crippen LogP contribution in [0.5, 0.6) is 0 Å². The first-order valence-corrected chi connectivity index (χ1v) is 34.2. The van der Waals surface area contributed by atoms with Gasteiger partial charge in [0.25, 0.3) is 27.8 Å². The van der Waals surface area contributed by atoms with Gasteiger partial charge in [0.15, 0.2) is 10.8 Å². The first-order chi connectivity index (χ1) is 44.1. The zero-order valence-corrected chi connectivity index (χ0v) is 54.4. The van der Waals surface area contributed by atoms with E-state index in [4.69, 9.17) is 33.8 Å². The predicted octanol–water partition coefficient (Wildman–Crippen LogP) is 7.33. The van der Waals surface area contributed by atoms with E-state index in [9.17, 15) is 46.8 Å². The van der Waals surface area contributed by atoms with Crippen LogP contribution in [0.3, 0.4) is 0 Å². The smallest absolute Gasteiger partial charge is 0.355 e. The molecule has 4 fully saturated rings. The Morgan fingerprint density at radius 2 is 1.46 bits per heavy atom. The van der Waals surface area contributed by atoms with Crippen LogP contribution in [-0.4, -0.2) is 193 Å². The summed E-state index contributed by atoms with van der Waals surface area (Å²) in [5.74, 6) is -2.35. The van der Waals surface area contributed by atoms with Gasteiger partial charge in [-0.05, 0) is 129 Å². The third-order valence-corrected chi connectivity index (χ3v) is 19.9. The Morgan fingerprint density at radius 1 is 0.750 bits per heavy atom. The average Bonchev–Trinajstić information content (AvgIpc) is 0.850. The van der Waals surface area contributed by atoms with E-state index < -0.39 is 39.3 Å². The molecule has 92 heavy (non-hydrogen) atoms. The molecule has 0 spiro atoms. The van der Waals surface area contributed by atoms with Gasteiger partial charge < -0.3 is 39.0 Å². The number of aromatic nitrogens is 4. The number of pyridine rings is 1. The van der Waals surface area contributed by atoms with E-state index in [1.54, 1.807) is 6.20 Å². The Hall–Kier alpha value is -6.88. The number of anilines is 2. The summed E-state index contributed by atoms with van der Waals surface area (Å²) in [6, 6.07) is 17.1. The normalized spacial score (nSPS) is 21.7. The van der Waals surface area contributed by atoms with E-state index in [0.717, 1.165) is 70.5 Å². The maximum Gasteiger partial charge on any atom is 0.355 e. The molecule has 5 aromatic rings. The quantitative estimate of drug-likeness (QED) is 0.0172. The van der Waals surface area contributed by atoms with Gasteiger partial charge in [-0.2, -0.15) is 13.5 Å². The van der Waals surface area contributed by atoms with E-state index in [0.29, 0.717) is 145 Å². The van der Waals surface area contributed by atoms with Crippen molar-refractivity contribution in [2.75, 3.05) is 115 Å². The highest BCUT2D eigenvalue weighted by Gasteiger charge is 2.66. The summed E-state index contributed by atoms with van der Waals surface area (Å²) in [7, 11) is -4.23. The van der Waals surface area contributed by atoms with Gasteiger partial charge >= 0.3 is 5.97 Å². The number of ketones is 1. The summed E-state index contributed by atoms with van der Waals surface area (Å²) in [4.78, 5) is 89.2. The summed E-state index contributed by atoms with van der Waals surface area (Å²) in [5, 5.41) is 22.1. The third kappa shape index (κ3) is 17.7. The van der Waals surface area contributed by atoms with Crippen LogP contribution in [0.4, 0.5) is 10.9 Å². The molecule has 26 heteroatoms. The molecule has 11 rings (SSSR count). The molecule has 2 aromatic carbocycles. The summed E-state index contributed by atoms with van der Waals surface area (Å²) in [5.41, 5.74) is 4.62. The second-order valence-electron chi connectivity index (χ2n) is 26.0. The molecule has 4 N–H and O–H groups in total. The first kappa shape index (κ1) is 68.0. The molecule has 4 aliphatic carbocycles. The molecule has 2 aliphatic heterocycles. The fourth-order valence-electron chi connectivity index (χ4n) is 15.3. The largest absolute Gasteiger partial charge is 0.476 e. The van der Waals surface area contributed by atoms with Crippen molar-refractivity contribution in [1.29, 1.82) is 0 Å². The van der Waals surface area contributed by atoms with Crippen LogP contribution in [0.2, 0.25) is 0 Å². The third-order valence-electron chi connectivity index (χ3n) is 18.3. The van der Waals surface area contributed by atoms with Crippen molar-refractivity contribution in [2.45, 2.75) is 117 Å². The van der Waals surface area contributed by atoms with Gasteiger partial charge in [0, 0.05) is 106 Å². The Labute approximate surface area is 540 Å². The molecule has 496 valence electrons. The number of para-hydroxylation sites is 1. The molecule has 4 saturated carbocycles. The molecule has 2 atom stereocenters. The summed E-state index contributed by atoms with van der Waals surface area (Å²) in [6.45, 7) is 12.8. The fourth-order valence-corrected chi connectivity index (χ4v) is 16.7. The summed E-state index contributed by atoms with van der Waals surface area (Å²) >= 11 is 1.42. The number of Topliss-reactive ketones (excluding diaryl/α,β-unsaturated/α-hetero) is 1. The Morgan fingerprint density at radius 3 is 2.16 bits per heavy atom. The number of hydrogen-bond acceptors (Lipinski definition) is 19. The summed E-state index contributed by atoms with van der Waals surface area (Å²) in [6.07, 6.45) is 12.1. The summed E-state index contributed by atoms with van der Waals surface area (Å²) < 4.78 is 65.8. The van der Waals surface area contributed by atoms with Crippen LogP contribution in [0, 0.1) is 23.2 Å². The maximum absolute atomic E-state index is 13.8. The van der Waals surface area contributed by atoms with Gasteiger partial charge in [-0.3, -0.25) is 48.3 Å². The van der Waals surface area contributed by atoms with Crippen molar-refractivity contribution in [2.24, 2.45) is 16.2 Å². The zero-order valence-electron chi connectivity index (χ0n) is 52.8. The number of nitrogens with zero attached hydrogens (tertiary/aromatic N) is 7. The van der Waals surface area contributed by atoms with Crippen LogP contribution < -0.4 is 15.5 Å². The number of carbonyl (C=O) groups is 6. The van der Waals surface area contributed by atoms with Gasteiger partial charge in [0.05, 0.1) is 80.6 Å². The van der Waals surface area contributed by atoms with Crippen molar-refractivity contribution >= 4 is 78.0 Å². The number of ether oxygens (including phenoxy) is 5. The molecule has 3 aromatic heterocycles. The highest BCUT2D eigenvalue weighted by molar-refractivity contribution is 7.85. The predicted molar refractivity (Wildman–Crippen MR) is 344 cm³/mol. The monoisotopic (exact) mass is 1310 g/mol. The van der Waals surface area contributed by atoms with Crippen LogP contribution in [0.1, 0.15) is 122 Å². The van der Waals surface area contributed by atoms with Crippen molar-refractivity contribution in [1.82, 2.24) is 34.9 Å². The lowest BCUT2D eigenvalue weighted by atomic mass is 9.39. The number of carbonyl (C=O) groups excluding carboxylic acids is 5. The molecule has 4 amide bonds. The SMILES string of the molecule is Cc1c(-c2ccc(N3CCc4cccc(C(=O)Nc5nc6ccccc6s5)c4C3)nc2C(=O)O)cnn1CC12CC3(C)CC(C)(C1)CC(OCCN(CCCNC(=O)CCOCCOCCOCCOCCCC(=O)CCN1C(=O)C=CC1=O)CCS(=O)(=O)O)(C3)C2. The number of amides is 4. The van der Waals surface area contributed by atoms with Crippen LogP contribution in [0.25, 0.3) is 21.3 Å². The number of rotatable bonds is 37. The molecule has 5 heterocycles. The molecular formula is C66H85N9O15S2. The van der Waals surface area contributed by atoms with Crippen LogP contribution in [0.15, 0.2) is 72.9 Å². The number of hydrogen-bond donors (Lipinski definition) is 4. The number of carboxylic acids is 1. The van der Waals surface area contributed by atoms with E-state index in [1.165, 1.54) is 23.5 Å². The lowest BCUT2D eigenvalue weighted by Gasteiger charge is -2.69. The lowest BCUT2D eigenvalue weighted by molar-refractivity contribution is -0.248. The van der Waals surface area contributed by atoms with Crippen LogP contribution >= 0.6 is 11.3 Å². The zero-order chi connectivity index (χ0) is 65.1. The standard InChI is InChI=1S/C66H85N9O15S2/c1-46-51(49-14-15-55(70-59(49)61(81)82)73-23-18-47-9-6-11-50(52(47)38-73)60(80)71-62-69-53-12-4-5-13-54(53)91-62)37-68-75(46)45-65-40-63(2)39-64(3,41-65)43-66(42-63,44-65)90-29-25-72(26-36-92(83,84)85)22-8-21-67-56(77)20-28-87-31-33-89-35-34-88-32-30-86-27-7-10-48(76)19-24-74-57(78)16-17-58(74)79/h4-6,9,11-17,37H,7-8,10,18-36,38-45H2,1-3H3,(H,67,77)(H,81,82)(H,69,71,80)(H,83,84,85). The van der Waals surface area contributed by atoms with E-state index >= 15 is 0 Å². The van der Waals surface area contributed by atoms with E-state index in [-0.39, 0.29) is 72.1 Å². The highest BCUT2D eigenvalue weighted by Crippen LogP contribution is 2.72. The number of thiazole rings is 1. The van der Waals surface area contributed by atoms with Gasteiger partial charge in [-0.15, -0.1) is 0 Å². The van der Waals surface area contributed by atoms with Gasteiger partial charge in [-0.1, -0.05) is 49.4 Å². The first-order valence-electron chi connectivity index (χ1n) is 31.8. The van der Waals surface area contributed by atoms with Gasteiger partial charge in [-0.25, -0.2) is 14.8 Å². The minimum Gasteiger partial charge on any atom is -0.476 e. The number of imide groups is 1. The molecular weight excluding hydrogens is 1220 g/mol. The molecule has 24 nitrogen and oxygen atoms in total. The molecule has 0 radical (unpaired) electrons. The molecule has 6 aliphatic rings. The Balaban J connectivity index is 0.649. The second-order valence-corrected chi connectivity index (χ2v) is 28.6. The number of benzene rings is 2. The van der Waals surface area contributed by atoms with Crippen molar-refractivity contribution < 1.29 is 70.5 Å². The van der Waals surface area contributed by atoms with Crippen molar-refractivity contribution in [3.8, 4) is 11.1 Å². The second kappa shape index (κ2) is 30.0. The van der Waals surface area contributed by atoms with E-state index in [2.05, 4.69) is 29.5 Å². The van der Waals surface area contributed by atoms with Gasteiger partial charge in [0.1, 0.15) is 11.6 Å². The number of fused-ring (bicyclic) bond motifs is 2. The number of carboxylic acid groups (broad SMARTS) is 1. The van der Waals surface area contributed by atoms with Crippen LogP contribution in [-0.2, 0) is 72.5 Å². The van der Waals surface area contributed by atoms with Gasteiger partial charge in [0.2, 0.25) is 5.91 Å². The minimum absolute atomic E-state index is 0.00710. The van der Waals surface area contributed by atoms with E-state index in [1.807, 2.05) is 76.0 Å². The lowest BCUT2D eigenvalue weighted by Crippen LogP contribution is -2.64.